The molecule has 2 N–H and O–H groups in total. The summed E-state index contributed by atoms with van der Waals surface area (Å²) in [5, 5.41) is 11.9. The number of benzene rings is 1. The lowest BCUT2D eigenvalue weighted by Crippen LogP contribution is -2.45. The fraction of sp³-hybridized carbons (Fsp3) is 0.467. The van der Waals surface area contributed by atoms with Crippen molar-refractivity contribution in [3.8, 4) is 0 Å². The molecule has 1 aliphatic rings. The van der Waals surface area contributed by atoms with Crippen molar-refractivity contribution < 1.29 is 19.4 Å². The van der Waals surface area contributed by atoms with Crippen LogP contribution in [-0.4, -0.2) is 42.9 Å². The van der Waals surface area contributed by atoms with E-state index in [0.717, 1.165) is 12.0 Å². The summed E-state index contributed by atoms with van der Waals surface area (Å²) in [4.78, 5) is 24.9. The van der Waals surface area contributed by atoms with Crippen molar-refractivity contribution in [2.45, 2.75) is 25.9 Å². The van der Waals surface area contributed by atoms with Crippen LogP contribution in [-0.2, 0) is 11.2 Å². The fourth-order valence-electron chi connectivity index (χ4n) is 2.18. The Labute approximate surface area is 123 Å². The van der Waals surface area contributed by atoms with Gasteiger partial charge in [-0.3, -0.25) is 4.90 Å². The first kappa shape index (κ1) is 15.3. The van der Waals surface area contributed by atoms with Gasteiger partial charge in [-0.1, -0.05) is 6.07 Å². The van der Waals surface area contributed by atoms with Crippen molar-refractivity contribution in [3.05, 3.63) is 29.3 Å². The molecule has 0 aliphatic carbocycles. The maximum atomic E-state index is 12.3. The molecule has 1 aromatic rings. The van der Waals surface area contributed by atoms with Gasteiger partial charge < -0.3 is 15.2 Å². The molecular weight excluding hydrogens is 272 g/mol. The Hall–Kier alpha value is -2.08. The average molecular weight is 292 g/mol. The van der Waals surface area contributed by atoms with Gasteiger partial charge in [0.2, 0.25) is 0 Å². The van der Waals surface area contributed by atoms with Crippen LogP contribution in [0.1, 0.15) is 29.8 Å². The van der Waals surface area contributed by atoms with Crippen LogP contribution in [0.2, 0.25) is 0 Å². The van der Waals surface area contributed by atoms with Crippen molar-refractivity contribution in [1.82, 2.24) is 5.32 Å². The Morgan fingerprint density at radius 1 is 1.43 bits per heavy atom. The number of urea groups is 1. The number of hydrogen-bond acceptors (Lipinski definition) is 3. The SMILES string of the molecule is COC(C)(C)CNC(=O)N1CCc2ccc(C(=O)O)cc21. The van der Waals surface area contributed by atoms with E-state index in [1.807, 2.05) is 13.8 Å². The quantitative estimate of drug-likeness (QED) is 0.888. The summed E-state index contributed by atoms with van der Waals surface area (Å²) in [7, 11) is 1.59. The zero-order chi connectivity index (χ0) is 15.6. The smallest absolute Gasteiger partial charge is 0.335 e. The van der Waals surface area contributed by atoms with Crippen LogP contribution < -0.4 is 10.2 Å². The van der Waals surface area contributed by atoms with Crippen LogP contribution in [0.4, 0.5) is 10.5 Å². The van der Waals surface area contributed by atoms with Crippen LogP contribution in [0.15, 0.2) is 18.2 Å². The number of carboxylic acids is 1. The molecule has 21 heavy (non-hydrogen) atoms. The predicted octanol–water partition coefficient (Wildman–Crippen LogP) is 1.88. The van der Waals surface area contributed by atoms with E-state index in [1.54, 1.807) is 30.2 Å². The molecule has 1 heterocycles. The third-order valence-corrected chi connectivity index (χ3v) is 3.69. The average Bonchev–Trinajstić information content (AvgIpc) is 2.87. The number of ether oxygens (including phenoxy) is 1. The molecule has 0 fully saturated rings. The summed E-state index contributed by atoms with van der Waals surface area (Å²) in [6.45, 7) is 4.70. The van der Waals surface area contributed by atoms with Gasteiger partial charge in [0.1, 0.15) is 0 Å². The minimum atomic E-state index is -0.995. The molecular formula is C15H20N2O4. The first-order valence-corrected chi connectivity index (χ1v) is 6.81. The highest BCUT2D eigenvalue weighted by molar-refractivity contribution is 5.97. The summed E-state index contributed by atoms with van der Waals surface area (Å²) in [5.74, 6) is -0.995. The Balaban J connectivity index is 2.12. The number of methoxy groups -OCH3 is 1. The van der Waals surface area contributed by atoms with Crippen molar-refractivity contribution in [3.63, 3.8) is 0 Å². The summed E-state index contributed by atoms with van der Waals surface area (Å²) >= 11 is 0. The molecule has 6 nitrogen and oxygen atoms in total. The van der Waals surface area contributed by atoms with Gasteiger partial charge in [0, 0.05) is 25.9 Å². The lowest BCUT2D eigenvalue weighted by molar-refractivity contribution is 0.0256. The minimum absolute atomic E-state index is 0.186. The minimum Gasteiger partial charge on any atom is -0.478 e. The molecule has 0 bridgehead atoms. The van der Waals surface area contributed by atoms with Crippen molar-refractivity contribution in [1.29, 1.82) is 0 Å². The monoisotopic (exact) mass is 292 g/mol. The molecule has 114 valence electrons. The molecule has 0 aromatic heterocycles. The second-order valence-corrected chi connectivity index (χ2v) is 5.67. The molecule has 1 aromatic carbocycles. The van der Waals surface area contributed by atoms with Gasteiger partial charge in [0.25, 0.3) is 0 Å². The van der Waals surface area contributed by atoms with E-state index in [0.29, 0.717) is 18.8 Å². The Kier molecular flexibility index (Phi) is 4.18. The zero-order valence-electron chi connectivity index (χ0n) is 12.5. The summed E-state index contributed by atoms with van der Waals surface area (Å²) in [5.41, 5.74) is 1.40. The number of hydrogen-bond donors (Lipinski definition) is 2. The first-order chi connectivity index (χ1) is 9.84. The zero-order valence-corrected chi connectivity index (χ0v) is 12.5. The topological polar surface area (TPSA) is 78.9 Å². The van der Waals surface area contributed by atoms with Gasteiger partial charge in [0.15, 0.2) is 0 Å². The highest BCUT2D eigenvalue weighted by Crippen LogP contribution is 2.29. The molecule has 6 heteroatoms. The third-order valence-electron chi connectivity index (χ3n) is 3.69. The van der Waals surface area contributed by atoms with E-state index < -0.39 is 11.6 Å². The van der Waals surface area contributed by atoms with Crippen LogP contribution in [0.5, 0.6) is 0 Å². The number of amides is 2. The van der Waals surface area contributed by atoms with Crippen molar-refractivity contribution in [2.24, 2.45) is 0 Å². The highest BCUT2D eigenvalue weighted by atomic mass is 16.5. The fourth-order valence-corrected chi connectivity index (χ4v) is 2.18. The van der Waals surface area contributed by atoms with E-state index in [4.69, 9.17) is 9.84 Å². The lowest BCUT2D eigenvalue weighted by atomic mass is 10.1. The van der Waals surface area contributed by atoms with E-state index in [9.17, 15) is 9.59 Å². The normalized spacial score (nSPS) is 14.0. The number of carboxylic acid groups (broad SMARTS) is 1. The van der Waals surface area contributed by atoms with Gasteiger partial charge in [-0.2, -0.15) is 0 Å². The van der Waals surface area contributed by atoms with Crippen LogP contribution in [0.3, 0.4) is 0 Å². The van der Waals surface area contributed by atoms with E-state index >= 15 is 0 Å². The van der Waals surface area contributed by atoms with Crippen molar-refractivity contribution in [2.75, 3.05) is 25.1 Å². The number of carbonyl (C=O) groups is 2. The van der Waals surface area contributed by atoms with E-state index in [2.05, 4.69) is 5.32 Å². The Morgan fingerprint density at radius 3 is 2.76 bits per heavy atom. The van der Waals surface area contributed by atoms with Gasteiger partial charge >= 0.3 is 12.0 Å². The molecule has 0 saturated heterocycles. The molecule has 0 saturated carbocycles. The van der Waals surface area contributed by atoms with Crippen LogP contribution in [0, 0.1) is 0 Å². The number of nitrogens with one attached hydrogen (secondary N) is 1. The summed E-state index contributed by atoms with van der Waals surface area (Å²) in [6, 6.07) is 4.65. The molecule has 2 amide bonds. The maximum absolute atomic E-state index is 12.3. The highest BCUT2D eigenvalue weighted by Gasteiger charge is 2.27. The second kappa shape index (κ2) is 5.73. The number of carbonyl (C=O) groups excluding carboxylic acids is 1. The standard InChI is InChI=1S/C15H20N2O4/c1-15(2,21-3)9-16-14(20)17-7-6-10-4-5-11(13(18)19)8-12(10)17/h4-5,8H,6-7,9H2,1-3H3,(H,16,20)(H,18,19). The largest absolute Gasteiger partial charge is 0.478 e. The number of fused-ring (bicyclic) bond motifs is 1. The van der Waals surface area contributed by atoms with E-state index in [1.165, 1.54) is 0 Å². The lowest BCUT2D eigenvalue weighted by Gasteiger charge is -2.25. The summed E-state index contributed by atoms with van der Waals surface area (Å²) < 4.78 is 5.26. The first-order valence-electron chi connectivity index (χ1n) is 6.81. The molecule has 1 aliphatic heterocycles. The number of rotatable bonds is 4. The second-order valence-electron chi connectivity index (χ2n) is 5.67. The molecule has 0 spiro atoms. The van der Waals surface area contributed by atoms with E-state index in [-0.39, 0.29) is 11.6 Å². The third kappa shape index (κ3) is 3.33. The maximum Gasteiger partial charge on any atom is 0.335 e. The van der Waals surface area contributed by atoms with Gasteiger partial charge in [0.05, 0.1) is 11.2 Å². The Morgan fingerprint density at radius 2 is 2.14 bits per heavy atom. The molecule has 2 rings (SSSR count). The molecule has 0 unspecified atom stereocenters. The Bertz CT molecular complexity index is 569. The number of nitrogens with zero attached hydrogens (tertiary/aromatic N) is 1. The van der Waals surface area contributed by atoms with Crippen LogP contribution in [0.25, 0.3) is 0 Å². The number of anilines is 1. The van der Waals surface area contributed by atoms with Crippen LogP contribution >= 0.6 is 0 Å². The molecule has 0 radical (unpaired) electrons. The van der Waals surface area contributed by atoms with Gasteiger partial charge in [-0.25, -0.2) is 9.59 Å². The summed E-state index contributed by atoms with van der Waals surface area (Å²) in [6.07, 6.45) is 0.732. The van der Waals surface area contributed by atoms with Crippen molar-refractivity contribution >= 4 is 17.7 Å². The van der Waals surface area contributed by atoms with Gasteiger partial charge in [-0.05, 0) is 38.0 Å². The predicted molar refractivity (Wildman–Crippen MR) is 78.9 cm³/mol. The van der Waals surface area contributed by atoms with Gasteiger partial charge in [-0.15, -0.1) is 0 Å². The molecule has 0 atom stereocenters. The number of aromatic carboxylic acids is 1.